The van der Waals surface area contributed by atoms with E-state index in [2.05, 4.69) is 29.8 Å². The standard InChI is InChI=1S/C12H18BrNO3/c1-9(2)3-5-17-6-4-14-8-10(12(15)16)7-11(14)13/h7-9H,3-6H2,1-2H3,(H,15,16). The van der Waals surface area contributed by atoms with Gasteiger partial charge in [0.25, 0.3) is 0 Å². The van der Waals surface area contributed by atoms with E-state index in [4.69, 9.17) is 9.84 Å². The van der Waals surface area contributed by atoms with Crippen LogP contribution < -0.4 is 0 Å². The Morgan fingerprint density at radius 2 is 2.24 bits per heavy atom. The molecule has 0 aliphatic carbocycles. The van der Waals surface area contributed by atoms with Gasteiger partial charge in [-0.15, -0.1) is 0 Å². The lowest BCUT2D eigenvalue weighted by Crippen LogP contribution is -2.07. The van der Waals surface area contributed by atoms with E-state index in [9.17, 15) is 4.79 Å². The Morgan fingerprint density at radius 3 is 2.76 bits per heavy atom. The fraction of sp³-hybridized carbons (Fsp3) is 0.583. The summed E-state index contributed by atoms with van der Waals surface area (Å²) in [4.78, 5) is 10.8. The van der Waals surface area contributed by atoms with Crippen LogP contribution in [0.1, 0.15) is 30.6 Å². The normalized spacial score (nSPS) is 11.1. The van der Waals surface area contributed by atoms with E-state index in [-0.39, 0.29) is 0 Å². The zero-order chi connectivity index (χ0) is 12.8. The number of carboxylic acids is 1. The summed E-state index contributed by atoms with van der Waals surface area (Å²) < 4.78 is 8.08. The first-order valence-electron chi connectivity index (χ1n) is 5.67. The van der Waals surface area contributed by atoms with Gasteiger partial charge < -0.3 is 14.4 Å². The highest BCUT2D eigenvalue weighted by Crippen LogP contribution is 2.15. The average molecular weight is 304 g/mol. The predicted molar refractivity (Wildman–Crippen MR) is 69.4 cm³/mol. The molecule has 0 aliphatic heterocycles. The minimum absolute atomic E-state index is 0.291. The van der Waals surface area contributed by atoms with Crippen LogP contribution in [0.5, 0.6) is 0 Å². The van der Waals surface area contributed by atoms with Crippen molar-refractivity contribution in [1.82, 2.24) is 4.57 Å². The molecule has 0 radical (unpaired) electrons. The molecule has 0 bridgehead atoms. The van der Waals surface area contributed by atoms with Gasteiger partial charge in [-0.1, -0.05) is 13.8 Å². The first kappa shape index (κ1) is 14.3. The zero-order valence-electron chi connectivity index (χ0n) is 10.1. The van der Waals surface area contributed by atoms with Gasteiger partial charge in [0.05, 0.1) is 16.8 Å². The highest BCUT2D eigenvalue weighted by Gasteiger charge is 2.08. The van der Waals surface area contributed by atoms with Gasteiger partial charge in [-0.25, -0.2) is 4.79 Å². The number of aromatic nitrogens is 1. The molecule has 0 fully saturated rings. The second kappa shape index (κ2) is 6.81. The molecule has 0 atom stereocenters. The van der Waals surface area contributed by atoms with Gasteiger partial charge in [0.15, 0.2) is 0 Å². The first-order valence-corrected chi connectivity index (χ1v) is 6.46. The van der Waals surface area contributed by atoms with Crippen LogP contribution in [0, 0.1) is 5.92 Å². The molecule has 96 valence electrons. The lowest BCUT2D eigenvalue weighted by Gasteiger charge is -2.07. The molecule has 0 amide bonds. The second-order valence-electron chi connectivity index (χ2n) is 4.34. The summed E-state index contributed by atoms with van der Waals surface area (Å²) in [5, 5.41) is 8.83. The molecule has 0 saturated heterocycles. The molecule has 1 aromatic heterocycles. The summed E-state index contributed by atoms with van der Waals surface area (Å²) in [6.07, 6.45) is 2.66. The van der Waals surface area contributed by atoms with Crippen LogP contribution in [-0.2, 0) is 11.3 Å². The van der Waals surface area contributed by atoms with E-state index in [1.165, 1.54) is 0 Å². The molecule has 17 heavy (non-hydrogen) atoms. The molecule has 5 heteroatoms. The Morgan fingerprint density at radius 1 is 1.53 bits per heavy atom. The Hall–Kier alpha value is -0.810. The lowest BCUT2D eigenvalue weighted by molar-refractivity contribution is 0.0696. The smallest absolute Gasteiger partial charge is 0.337 e. The zero-order valence-corrected chi connectivity index (χ0v) is 11.7. The lowest BCUT2D eigenvalue weighted by atomic mass is 10.1. The fourth-order valence-corrected chi connectivity index (χ4v) is 1.88. The van der Waals surface area contributed by atoms with Crippen molar-refractivity contribution in [3.05, 3.63) is 22.4 Å². The molecule has 4 nitrogen and oxygen atoms in total. The van der Waals surface area contributed by atoms with Crippen molar-refractivity contribution in [2.45, 2.75) is 26.8 Å². The Bertz CT molecular complexity index is 374. The molecular weight excluding hydrogens is 286 g/mol. The maximum Gasteiger partial charge on any atom is 0.337 e. The SMILES string of the molecule is CC(C)CCOCCn1cc(C(=O)O)cc1Br. The van der Waals surface area contributed by atoms with E-state index < -0.39 is 5.97 Å². The molecular formula is C12H18BrNO3. The van der Waals surface area contributed by atoms with Gasteiger partial charge in [-0.2, -0.15) is 0 Å². The van der Waals surface area contributed by atoms with Crippen LogP contribution in [0.15, 0.2) is 16.9 Å². The van der Waals surface area contributed by atoms with Crippen LogP contribution in [-0.4, -0.2) is 28.9 Å². The maximum absolute atomic E-state index is 10.8. The molecule has 1 rings (SSSR count). The fourth-order valence-electron chi connectivity index (χ4n) is 1.35. The Balaban J connectivity index is 2.34. The Labute approximate surface area is 110 Å². The third-order valence-electron chi connectivity index (χ3n) is 2.41. The number of carbonyl (C=O) groups is 1. The minimum Gasteiger partial charge on any atom is -0.478 e. The third kappa shape index (κ3) is 4.91. The van der Waals surface area contributed by atoms with Crippen LogP contribution in [0.2, 0.25) is 0 Å². The van der Waals surface area contributed by atoms with Crippen molar-refractivity contribution in [3.8, 4) is 0 Å². The number of nitrogens with zero attached hydrogens (tertiary/aromatic N) is 1. The number of hydrogen-bond acceptors (Lipinski definition) is 2. The average Bonchev–Trinajstić information content (AvgIpc) is 2.59. The molecule has 1 heterocycles. The van der Waals surface area contributed by atoms with Crippen molar-refractivity contribution >= 4 is 21.9 Å². The summed E-state index contributed by atoms with van der Waals surface area (Å²) in [5.41, 5.74) is 0.291. The summed E-state index contributed by atoms with van der Waals surface area (Å²) in [6.45, 7) is 6.32. The number of rotatable bonds is 7. The van der Waals surface area contributed by atoms with Crippen molar-refractivity contribution in [3.63, 3.8) is 0 Å². The van der Waals surface area contributed by atoms with Crippen LogP contribution in [0.4, 0.5) is 0 Å². The summed E-state index contributed by atoms with van der Waals surface area (Å²) >= 11 is 3.32. The number of hydrogen-bond donors (Lipinski definition) is 1. The van der Waals surface area contributed by atoms with E-state index in [0.717, 1.165) is 17.6 Å². The molecule has 0 aliphatic rings. The van der Waals surface area contributed by atoms with Gasteiger partial charge in [0, 0.05) is 19.3 Å². The molecule has 0 unspecified atom stereocenters. The second-order valence-corrected chi connectivity index (χ2v) is 5.16. The number of aromatic carboxylic acids is 1. The van der Waals surface area contributed by atoms with E-state index in [1.807, 2.05) is 4.57 Å². The maximum atomic E-state index is 10.8. The van der Waals surface area contributed by atoms with Crippen LogP contribution in [0.3, 0.4) is 0 Å². The van der Waals surface area contributed by atoms with E-state index in [0.29, 0.717) is 24.6 Å². The van der Waals surface area contributed by atoms with Crippen LogP contribution in [0.25, 0.3) is 0 Å². The molecule has 1 aromatic rings. The summed E-state index contributed by atoms with van der Waals surface area (Å²) in [5.74, 6) is -0.267. The van der Waals surface area contributed by atoms with Crippen molar-refractivity contribution < 1.29 is 14.6 Å². The predicted octanol–water partition coefficient (Wildman–Crippen LogP) is 3.01. The van der Waals surface area contributed by atoms with Gasteiger partial charge in [-0.3, -0.25) is 0 Å². The number of ether oxygens (including phenoxy) is 1. The monoisotopic (exact) mass is 303 g/mol. The van der Waals surface area contributed by atoms with Gasteiger partial charge in [0.1, 0.15) is 0 Å². The third-order valence-corrected chi connectivity index (χ3v) is 3.09. The highest BCUT2D eigenvalue weighted by atomic mass is 79.9. The minimum atomic E-state index is -0.912. The largest absolute Gasteiger partial charge is 0.478 e. The van der Waals surface area contributed by atoms with Crippen molar-refractivity contribution in [2.75, 3.05) is 13.2 Å². The van der Waals surface area contributed by atoms with Crippen LogP contribution >= 0.6 is 15.9 Å². The molecule has 1 N–H and O–H groups in total. The summed E-state index contributed by atoms with van der Waals surface area (Å²) in [6, 6.07) is 1.59. The van der Waals surface area contributed by atoms with E-state index >= 15 is 0 Å². The van der Waals surface area contributed by atoms with Gasteiger partial charge in [-0.05, 0) is 34.3 Å². The number of halogens is 1. The quantitative estimate of drug-likeness (QED) is 0.788. The van der Waals surface area contributed by atoms with Gasteiger partial charge >= 0.3 is 5.97 Å². The summed E-state index contributed by atoms with van der Waals surface area (Å²) in [7, 11) is 0. The molecule has 0 aromatic carbocycles. The number of carboxylic acid groups (broad SMARTS) is 1. The first-order chi connectivity index (χ1) is 8.00. The highest BCUT2D eigenvalue weighted by molar-refractivity contribution is 9.10. The Kier molecular flexibility index (Phi) is 5.71. The van der Waals surface area contributed by atoms with Gasteiger partial charge in [0.2, 0.25) is 0 Å². The molecule has 0 spiro atoms. The van der Waals surface area contributed by atoms with Crippen molar-refractivity contribution in [2.24, 2.45) is 5.92 Å². The molecule has 0 saturated carbocycles. The van der Waals surface area contributed by atoms with Crippen molar-refractivity contribution in [1.29, 1.82) is 0 Å². The topological polar surface area (TPSA) is 51.5 Å². The van der Waals surface area contributed by atoms with E-state index in [1.54, 1.807) is 12.3 Å².